The summed E-state index contributed by atoms with van der Waals surface area (Å²) in [6.45, 7) is 1.53. The summed E-state index contributed by atoms with van der Waals surface area (Å²) < 4.78 is 24.8. The van der Waals surface area contributed by atoms with Gasteiger partial charge in [-0.25, -0.2) is 4.98 Å². The summed E-state index contributed by atoms with van der Waals surface area (Å²) >= 11 is 0.151. The number of nitrogens with zero attached hydrogens (tertiary/aromatic N) is 1. The van der Waals surface area contributed by atoms with E-state index in [0.717, 1.165) is 0 Å². The van der Waals surface area contributed by atoms with Crippen LogP contribution < -0.4 is 16.2 Å². The number of rotatable bonds is 7. The van der Waals surface area contributed by atoms with Crippen molar-refractivity contribution < 1.29 is 18.4 Å². The standard InChI is InChI=1S/C17H18F2N4O3S/c1-9-10(15(26)23-17(21-9)27-16(18)19)7-8-13(24)22-12-6-4-3-5-11(12)14(25)20-2/h3-6,16H,7-8H2,1-2H3,(H,20,25)(H,22,24)(H,21,23,26). The Morgan fingerprint density at radius 1 is 1.30 bits per heavy atom. The van der Waals surface area contributed by atoms with Crippen LogP contribution in [0.3, 0.4) is 0 Å². The number of alkyl halides is 2. The van der Waals surface area contributed by atoms with E-state index in [2.05, 4.69) is 20.6 Å². The molecular formula is C17H18F2N4O3S. The van der Waals surface area contributed by atoms with E-state index in [-0.39, 0.29) is 41.2 Å². The maximum Gasteiger partial charge on any atom is 0.291 e. The molecule has 0 saturated carbocycles. The minimum atomic E-state index is -2.69. The van der Waals surface area contributed by atoms with Crippen LogP contribution in [0.5, 0.6) is 0 Å². The van der Waals surface area contributed by atoms with Gasteiger partial charge in [-0.2, -0.15) is 8.78 Å². The molecule has 0 bridgehead atoms. The Morgan fingerprint density at radius 2 is 2.00 bits per heavy atom. The second kappa shape index (κ2) is 9.26. The Morgan fingerprint density at radius 3 is 2.63 bits per heavy atom. The maximum atomic E-state index is 12.4. The van der Waals surface area contributed by atoms with Gasteiger partial charge in [0.25, 0.3) is 17.2 Å². The van der Waals surface area contributed by atoms with Crippen molar-refractivity contribution in [2.75, 3.05) is 12.4 Å². The van der Waals surface area contributed by atoms with Crippen molar-refractivity contribution in [2.45, 2.75) is 30.7 Å². The molecule has 0 saturated heterocycles. The second-order valence-electron chi connectivity index (χ2n) is 5.49. The van der Waals surface area contributed by atoms with Crippen molar-refractivity contribution in [3.8, 4) is 0 Å². The van der Waals surface area contributed by atoms with Crippen molar-refractivity contribution in [2.24, 2.45) is 0 Å². The number of H-pyrrole nitrogens is 1. The highest BCUT2D eigenvalue weighted by Crippen LogP contribution is 2.21. The number of para-hydroxylation sites is 1. The number of thioether (sulfide) groups is 1. The van der Waals surface area contributed by atoms with Gasteiger partial charge in [0, 0.05) is 24.7 Å². The number of aromatic nitrogens is 2. The minimum absolute atomic E-state index is 0.0327. The highest BCUT2D eigenvalue weighted by atomic mass is 32.2. The van der Waals surface area contributed by atoms with Crippen LogP contribution in [0.4, 0.5) is 14.5 Å². The average Bonchev–Trinajstić information content (AvgIpc) is 2.60. The molecule has 0 fully saturated rings. The Kier molecular flexibility index (Phi) is 7.05. The number of carbonyl (C=O) groups excluding carboxylic acids is 2. The molecule has 144 valence electrons. The first-order valence-electron chi connectivity index (χ1n) is 7.97. The van der Waals surface area contributed by atoms with Gasteiger partial charge in [0.1, 0.15) is 0 Å². The number of benzene rings is 1. The molecule has 0 aliphatic carbocycles. The predicted molar refractivity (Wildman–Crippen MR) is 98.2 cm³/mol. The van der Waals surface area contributed by atoms with Gasteiger partial charge in [-0.15, -0.1) is 0 Å². The lowest BCUT2D eigenvalue weighted by Gasteiger charge is -2.10. The Labute approximate surface area is 158 Å². The molecule has 1 aromatic carbocycles. The first-order valence-corrected chi connectivity index (χ1v) is 8.85. The zero-order valence-electron chi connectivity index (χ0n) is 14.6. The topological polar surface area (TPSA) is 104 Å². The van der Waals surface area contributed by atoms with Crippen LogP contribution in [0.2, 0.25) is 0 Å². The summed E-state index contributed by atoms with van der Waals surface area (Å²) in [7, 11) is 1.49. The molecule has 27 heavy (non-hydrogen) atoms. The molecular weight excluding hydrogens is 378 g/mol. The fourth-order valence-corrected chi connectivity index (χ4v) is 2.91. The molecule has 1 aromatic heterocycles. The molecule has 3 N–H and O–H groups in total. The minimum Gasteiger partial charge on any atom is -0.355 e. The van der Waals surface area contributed by atoms with Gasteiger partial charge in [0.15, 0.2) is 5.16 Å². The van der Waals surface area contributed by atoms with E-state index in [9.17, 15) is 23.2 Å². The largest absolute Gasteiger partial charge is 0.355 e. The predicted octanol–water partition coefficient (Wildman–Crippen LogP) is 2.32. The third-order valence-electron chi connectivity index (χ3n) is 3.68. The molecule has 2 amide bonds. The lowest BCUT2D eigenvalue weighted by molar-refractivity contribution is -0.116. The smallest absolute Gasteiger partial charge is 0.291 e. The molecule has 2 rings (SSSR count). The Balaban J connectivity index is 2.07. The monoisotopic (exact) mass is 396 g/mol. The first kappa shape index (κ1) is 20.6. The van der Waals surface area contributed by atoms with Gasteiger partial charge in [0.2, 0.25) is 5.91 Å². The first-order chi connectivity index (χ1) is 12.8. The van der Waals surface area contributed by atoms with Gasteiger partial charge in [-0.05, 0) is 37.2 Å². The molecule has 1 heterocycles. The third-order valence-corrected chi connectivity index (χ3v) is 4.27. The fourth-order valence-electron chi connectivity index (χ4n) is 2.40. The average molecular weight is 396 g/mol. The number of aryl methyl sites for hydroxylation is 1. The fraction of sp³-hybridized carbons (Fsp3) is 0.294. The van der Waals surface area contributed by atoms with E-state index >= 15 is 0 Å². The van der Waals surface area contributed by atoms with Crippen LogP contribution in [0.15, 0.2) is 34.2 Å². The van der Waals surface area contributed by atoms with Crippen molar-refractivity contribution in [1.29, 1.82) is 0 Å². The number of halogens is 2. The van der Waals surface area contributed by atoms with E-state index in [1.54, 1.807) is 24.3 Å². The summed E-state index contributed by atoms with van der Waals surface area (Å²) in [5.41, 5.74) is 0.666. The lowest BCUT2D eigenvalue weighted by Crippen LogP contribution is -2.23. The number of hydrogen-bond donors (Lipinski definition) is 3. The molecule has 0 atom stereocenters. The zero-order valence-corrected chi connectivity index (χ0v) is 15.5. The van der Waals surface area contributed by atoms with Crippen molar-refractivity contribution >= 4 is 29.3 Å². The molecule has 2 aromatic rings. The second-order valence-corrected chi connectivity index (χ2v) is 6.47. The number of amides is 2. The summed E-state index contributed by atoms with van der Waals surface area (Å²) in [6, 6.07) is 6.53. The summed E-state index contributed by atoms with van der Waals surface area (Å²) in [5, 5.41) is 4.96. The summed E-state index contributed by atoms with van der Waals surface area (Å²) in [4.78, 5) is 42.3. The van der Waals surface area contributed by atoms with E-state index in [1.807, 2.05) is 0 Å². The molecule has 0 radical (unpaired) electrons. The zero-order chi connectivity index (χ0) is 20.0. The Bertz CT molecular complexity index is 902. The van der Waals surface area contributed by atoms with Crippen LogP contribution in [0.1, 0.15) is 28.0 Å². The highest BCUT2D eigenvalue weighted by molar-refractivity contribution is 7.99. The number of aromatic amines is 1. The van der Waals surface area contributed by atoms with Crippen molar-refractivity contribution in [3.63, 3.8) is 0 Å². The molecule has 0 aliphatic heterocycles. The highest BCUT2D eigenvalue weighted by Gasteiger charge is 2.15. The Hall–Kier alpha value is -2.75. The van der Waals surface area contributed by atoms with Crippen molar-refractivity contribution in [1.82, 2.24) is 15.3 Å². The third kappa shape index (κ3) is 5.61. The van der Waals surface area contributed by atoms with Crippen molar-refractivity contribution in [3.05, 3.63) is 51.4 Å². The molecule has 0 unspecified atom stereocenters. The van der Waals surface area contributed by atoms with E-state index in [0.29, 0.717) is 16.9 Å². The maximum absolute atomic E-state index is 12.4. The molecule has 10 heteroatoms. The SMILES string of the molecule is CNC(=O)c1ccccc1NC(=O)CCc1c(C)nc(SC(F)F)[nH]c1=O. The van der Waals surface area contributed by atoms with Gasteiger partial charge < -0.3 is 15.6 Å². The summed E-state index contributed by atoms with van der Waals surface area (Å²) in [5.74, 6) is -3.42. The van der Waals surface area contributed by atoms with E-state index < -0.39 is 17.2 Å². The number of carbonyl (C=O) groups is 2. The van der Waals surface area contributed by atoms with Crippen LogP contribution in [0, 0.1) is 6.92 Å². The van der Waals surface area contributed by atoms with Gasteiger partial charge in [0.05, 0.1) is 11.3 Å². The number of anilines is 1. The molecule has 0 spiro atoms. The normalized spacial score (nSPS) is 10.7. The lowest BCUT2D eigenvalue weighted by atomic mass is 10.1. The summed E-state index contributed by atoms with van der Waals surface area (Å²) in [6.07, 6.45) is 0.0524. The number of hydrogen-bond acceptors (Lipinski definition) is 5. The molecule has 7 nitrogen and oxygen atoms in total. The number of nitrogens with one attached hydrogen (secondary N) is 3. The quantitative estimate of drug-likeness (QED) is 0.492. The van der Waals surface area contributed by atoms with Gasteiger partial charge in [-0.3, -0.25) is 14.4 Å². The molecule has 0 aliphatic rings. The van der Waals surface area contributed by atoms with Crippen LogP contribution in [0.25, 0.3) is 0 Å². The van der Waals surface area contributed by atoms with Gasteiger partial charge >= 0.3 is 0 Å². The van der Waals surface area contributed by atoms with Crippen LogP contribution in [-0.2, 0) is 11.2 Å². The van der Waals surface area contributed by atoms with Crippen LogP contribution in [-0.4, -0.2) is 34.6 Å². The van der Waals surface area contributed by atoms with Gasteiger partial charge in [-0.1, -0.05) is 12.1 Å². The van der Waals surface area contributed by atoms with E-state index in [4.69, 9.17) is 0 Å². The van der Waals surface area contributed by atoms with Crippen LogP contribution >= 0.6 is 11.8 Å². The van der Waals surface area contributed by atoms with E-state index in [1.165, 1.54) is 14.0 Å².